The standard InChI is InChI=1S/C17H10F5N3O2S/c18-12-13(19)15(21)17(16(22)14(12)20)25-28(26,27)11-6-10(7-23-8-11)24-9-4-2-1-3-5-9/h1-8,24-25H. The first-order valence-electron chi connectivity index (χ1n) is 7.52. The predicted octanol–water partition coefficient (Wildman–Crippen LogP) is 4.32. The Balaban J connectivity index is 1.96. The quantitative estimate of drug-likeness (QED) is 0.370. The number of hydrogen-bond donors (Lipinski definition) is 2. The van der Waals surface area contributed by atoms with Gasteiger partial charge in [0.25, 0.3) is 10.0 Å². The van der Waals surface area contributed by atoms with Crippen LogP contribution in [0.2, 0.25) is 0 Å². The normalized spacial score (nSPS) is 11.3. The minimum atomic E-state index is -4.71. The van der Waals surface area contributed by atoms with Crippen molar-refractivity contribution in [1.29, 1.82) is 0 Å². The first kappa shape index (κ1) is 19.5. The molecule has 28 heavy (non-hydrogen) atoms. The van der Waals surface area contributed by atoms with Gasteiger partial charge in [0.2, 0.25) is 5.82 Å². The van der Waals surface area contributed by atoms with Gasteiger partial charge in [-0.05, 0) is 18.2 Å². The molecule has 0 unspecified atom stereocenters. The average molecular weight is 415 g/mol. The van der Waals surface area contributed by atoms with Crippen LogP contribution in [0.3, 0.4) is 0 Å². The van der Waals surface area contributed by atoms with E-state index in [4.69, 9.17) is 0 Å². The van der Waals surface area contributed by atoms with Crippen LogP contribution in [0, 0.1) is 29.1 Å². The van der Waals surface area contributed by atoms with E-state index in [2.05, 4.69) is 10.3 Å². The van der Waals surface area contributed by atoms with E-state index in [-0.39, 0.29) is 5.69 Å². The van der Waals surface area contributed by atoms with Gasteiger partial charge >= 0.3 is 0 Å². The highest BCUT2D eigenvalue weighted by molar-refractivity contribution is 7.92. The van der Waals surface area contributed by atoms with Crippen LogP contribution in [0.25, 0.3) is 0 Å². The Morgan fingerprint density at radius 3 is 1.93 bits per heavy atom. The molecule has 1 aromatic heterocycles. The fourth-order valence-corrected chi connectivity index (χ4v) is 3.26. The summed E-state index contributed by atoms with van der Waals surface area (Å²) in [6, 6.07) is 9.66. The number of anilines is 3. The van der Waals surface area contributed by atoms with Crippen LogP contribution in [0.5, 0.6) is 0 Å². The number of aromatic nitrogens is 1. The minimum Gasteiger partial charge on any atom is -0.354 e. The third-order valence-electron chi connectivity index (χ3n) is 3.53. The monoisotopic (exact) mass is 415 g/mol. The lowest BCUT2D eigenvalue weighted by atomic mass is 10.2. The van der Waals surface area contributed by atoms with Crippen LogP contribution in [0.15, 0.2) is 53.7 Å². The lowest BCUT2D eigenvalue weighted by molar-refractivity contribution is 0.382. The third kappa shape index (κ3) is 3.74. The average Bonchev–Trinajstić information content (AvgIpc) is 2.69. The molecule has 146 valence electrons. The second kappa shape index (κ2) is 7.43. The Hall–Kier alpha value is -3.21. The summed E-state index contributed by atoms with van der Waals surface area (Å²) in [5.74, 6) is -11.5. The van der Waals surface area contributed by atoms with Crippen LogP contribution >= 0.6 is 0 Å². The molecule has 0 atom stereocenters. The fraction of sp³-hybridized carbons (Fsp3) is 0. The van der Waals surface area contributed by atoms with Crippen molar-refractivity contribution in [3.05, 3.63) is 77.9 Å². The predicted molar refractivity (Wildman–Crippen MR) is 91.0 cm³/mol. The smallest absolute Gasteiger partial charge is 0.263 e. The Labute approximate surface area is 155 Å². The zero-order chi connectivity index (χ0) is 20.5. The Morgan fingerprint density at radius 2 is 1.32 bits per heavy atom. The molecule has 2 aromatic carbocycles. The zero-order valence-corrected chi connectivity index (χ0v) is 14.5. The van der Waals surface area contributed by atoms with Crippen molar-refractivity contribution in [1.82, 2.24) is 4.98 Å². The summed E-state index contributed by atoms with van der Waals surface area (Å²) in [6.07, 6.45) is 2.13. The summed E-state index contributed by atoms with van der Waals surface area (Å²) in [7, 11) is -4.71. The summed E-state index contributed by atoms with van der Waals surface area (Å²) in [5, 5.41) is 2.86. The van der Waals surface area contributed by atoms with Crippen molar-refractivity contribution in [2.75, 3.05) is 10.0 Å². The topological polar surface area (TPSA) is 71.1 Å². The maximum absolute atomic E-state index is 13.7. The zero-order valence-electron chi connectivity index (χ0n) is 13.7. The van der Waals surface area contributed by atoms with Gasteiger partial charge < -0.3 is 5.32 Å². The van der Waals surface area contributed by atoms with Crippen molar-refractivity contribution >= 4 is 27.1 Å². The third-order valence-corrected chi connectivity index (χ3v) is 4.85. The molecule has 1 heterocycles. The van der Waals surface area contributed by atoms with Gasteiger partial charge in [-0.2, -0.15) is 0 Å². The maximum Gasteiger partial charge on any atom is 0.263 e. The van der Waals surface area contributed by atoms with Gasteiger partial charge in [-0.15, -0.1) is 0 Å². The molecule has 11 heteroatoms. The second-order valence-electron chi connectivity index (χ2n) is 5.45. The van der Waals surface area contributed by atoms with Gasteiger partial charge in [0.15, 0.2) is 23.3 Å². The van der Waals surface area contributed by atoms with Crippen LogP contribution in [0.4, 0.5) is 39.0 Å². The lowest BCUT2D eigenvalue weighted by Gasteiger charge is -2.12. The Bertz CT molecular complexity index is 1110. The molecule has 0 aliphatic carbocycles. The van der Waals surface area contributed by atoms with Gasteiger partial charge in [0.1, 0.15) is 10.6 Å². The molecule has 0 amide bonds. The van der Waals surface area contributed by atoms with Crippen LogP contribution in [-0.2, 0) is 10.0 Å². The summed E-state index contributed by atoms with van der Waals surface area (Å²) in [5.41, 5.74) is -0.865. The molecule has 0 spiro atoms. The highest BCUT2D eigenvalue weighted by Gasteiger charge is 2.29. The fourth-order valence-electron chi connectivity index (χ4n) is 2.21. The molecular weight excluding hydrogens is 405 g/mol. The lowest BCUT2D eigenvalue weighted by Crippen LogP contribution is -2.18. The first-order chi connectivity index (χ1) is 13.2. The molecular formula is C17H10F5N3O2S. The number of benzene rings is 2. The number of nitrogens with one attached hydrogen (secondary N) is 2. The summed E-state index contributed by atoms with van der Waals surface area (Å²) in [4.78, 5) is 3.15. The van der Waals surface area contributed by atoms with Crippen LogP contribution < -0.4 is 10.0 Å². The van der Waals surface area contributed by atoms with Crippen molar-refractivity contribution in [3.63, 3.8) is 0 Å². The molecule has 2 N–H and O–H groups in total. The Morgan fingerprint density at radius 1 is 0.750 bits per heavy atom. The number of nitrogens with zero attached hydrogens (tertiary/aromatic N) is 1. The van der Waals surface area contributed by atoms with E-state index in [1.807, 2.05) is 0 Å². The van der Waals surface area contributed by atoms with Crippen molar-refractivity contribution in [2.45, 2.75) is 4.90 Å². The van der Waals surface area contributed by atoms with Gasteiger partial charge in [-0.25, -0.2) is 30.4 Å². The van der Waals surface area contributed by atoms with E-state index < -0.39 is 49.7 Å². The molecule has 0 aliphatic rings. The molecule has 0 fully saturated rings. The van der Waals surface area contributed by atoms with E-state index in [0.29, 0.717) is 5.69 Å². The van der Waals surface area contributed by atoms with E-state index in [1.54, 1.807) is 30.3 Å². The van der Waals surface area contributed by atoms with Crippen LogP contribution in [-0.4, -0.2) is 13.4 Å². The molecule has 0 bridgehead atoms. The Kier molecular flexibility index (Phi) is 5.18. The molecule has 5 nitrogen and oxygen atoms in total. The van der Waals surface area contributed by atoms with E-state index >= 15 is 0 Å². The molecule has 0 aliphatic heterocycles. The summed E-state index contributed by atoms with van der Waals surface area (Å²) >= 11 is 0. The van der Waals surface area contributed by atoms with E-state index in [1.165, 1.54) is 10.9 Å². The van der Waals surface area contributed by atoms with Gasteiger partial charge in [-0.1, -0.05) is 18.2 Å². The largest absolute Gasteiger partial charge is 0.354 e. The number of para-hydroxylation sites is 1. The minimum absolute atomic E-state index is 0.214. The second-order valence-corrected chi connectivity index (χ2v) is 7.13. The van der Waals surface area contributed by atoms with E-state index in [0.717, 1.165) is 12.3 Å². The number of pyridine rings is 1. The number of hydrogen-bond acceptors (Lipinski definition) is 4. The summed E-state index contributed by atoms with van der Waals surface area (Å²) < 4.78 is 93.2. The van der Waals surface area contributed by atoms with Crippen molar-refractivity contribution in [2.24, 2.45) is 0 Å². The van der Waals surface area contributed by atoms with Crippen LogP contribution in [0.1, 0.15) is 0 Å². The number of rotatable bonds is 5. The highest BCUT2D eigenvalue weighted by atomic mass is 32.2. The SMILES string of the molecule is O=S(=O)(Nc1c(F)c(F)c(F)c(F)c1F)c1cncc(Nc2ccccc2)c1. The molecule has 3 aromatic rings. The maximum atomic E-state index is 13.7. The van der Waals surface area contributed by atoms with Gasteiger partial charge in [-0.3, -0.25) is 9.71 Å². The molecule has 0 saturated heterocycles. The summed E-state index contributed by atoms with van der Waals surface area (Å²) in [6.45, 7) is 0. The molecule has 0 saturated carbocycles. The van der Waals surface area contributed by atoms with Gasteiger partial charge in [0.05, 0.1) is 11.9 Å². The molecule has 3 rings (SSSR count). The van der Waals surface area contributed by atoms with Crippen molar-refractivity contribution in [3.8, 4) is 0 Å². The highest BCUT2D eigenvalue weighted by Crippen LogP contribution is 2.29. The number of sulfonamides is 1. The van der Waals surface area contributed by atoms with E-state index in [9.17, 15) is 30.4 Å². The number of halogens is 5. The van der Waals surface area contributed by atoms with Crippen molar-refractivity contribution < 1.29 is 30.4 Å². The van der Waals surface area contributed by atoms with Gasteiger partial charge in [0, 0.05) is 11.9 Å². The first-order valence-corrected chi connectivity index (χ1v) is 9.00. The molecule has 0 radical (unpaired) electrons.